The van der Waals surface area contributed by atoms with Crippen LogP contribution in [0.25, 0.3) is 0 Å². The molecule has 2 nitrogen and oxygen atoms in total. The highest BCUT2D eigenvalue weighted by atomic mass is 19.1. The van der Waals surface area contributed by atoms with Gasteiger partial charge in [-0.25, -0.2) is 8.78 Å². The zero-order valence-corrected chi connectivity index (χ0v) is 10.0. The van der Waals surface area contributed by atoms with E-state index in [1.807, 2.05) is 13.0 Å². The molecular formula is C14H14F2N2. The van der Waals surface area contributed by atoms with E-state index in [4.69, 9.17) is 5.73 Å². The van der Waals surface area contributed by atoms with E-state index in [0.29, 0.717) is 12.0 Å². The lowest BCUT2D eigenvalue weighted by molar-refractivity contribution is 0.576. The van der Waals surface area contributed by atoms with E-state index in [-0.39, 0.29) is 6.04 Å². The fourth-order valence-corrected chi connectivity index (χ4v) is 1.96. The van der Waals surface area contributed by atoms with Crippen LogP contribution in [0.1, 0.15) is 22.7 Å². The summed E-state index contributed by atoms with van der Waals surface area (Å²) in [5.41, 5.74) is 8.50. The minimum atomic E-state index is -0.583. The van der Waals surface area contributed by atoms with Crippen LogP contribution in [0.4, 0.5) is 8.78 Å². The van der Waals surface area contributed by atoms with Crippen molar-refractivity contribution in [3.05, 3.63) is 65.0 Å². The lowest BCUT2D eigenvalue weighted by atomic mass is 9.98. The molecule has 94 valence electrons. The van der Waals surface area contributed by atoms with Crippen molar-refractivity contribution < 1.29 is 8.78 Å². The van der Waals surface area contributed by atoms with Gasteiger partial charge in [-0.2, -0.15) is 0 Å². The number of aryl methyl sites for hydroxylation is 1. The van der Waals surface area contributed by atoms with Crippen LogP contribution in [0.5, 0.6) is 0 Å². The van der Waals surface area contributed by atoms with Crippen LogP contribution in [-0.4, -0.2) is 4.98 Å². The van der Waals surface area contributed by atoms with Crippen molar-refractivity contribution >= 4 is 0 Å². The average molecular weight is 248 g/mol. The number of halogens is 2. The molecule has 1 unspecified atom stereocenters. The van der Waals surface area contributed by atoms with E-state index in [0.717, 1.165) is 17.2 Å². The largest absolute Gasteiger partial charge is 0.324 e. The third kappa shape index (κ3) is 2.90. The van der Waals surface area contributed by atoms with Gasteiger partial charge in [0.25, 0.3) is 0 Å². The van der Waals surface area contributed by atoms with Crippen molar-refractivity contribution in [2.24, 2.45) is 5.73 Å². The van der Waals surface area contributed by atoms with E-state index in [1.54, 1.807) is 12.4 Å². The molecule has 1 heterocycles. The van der Waals surface area contributed by atoms with Crippen LogP contribution in [0.15, 0.2) is 36.7 Å². The van der Waals surface area contributed by atoms with Crippen molar-refractivity contribution in [1.29, 1.82) is 0 Å². The summed E-state index contributed by atoms with van der Waals surface area (Å²) in [4.78, 5) is 4.02. The second-order valence-electron chi connectivity index (χ2n) is 4.32. The Labute approximate surface area is 104 Å². The molecular weight excluding hydrogens is 234 g/mol. The summed E-state index contributed by atoms with van der Waals surface area (Å²) in [6.07, 6.45) is 3.75. The number of pyridine rings is 1. The highest BCUT2D eigenvalue weighted by Gasteiger charge is 2.11. The highest BCUT2D eigenvalue weighted by Crippen LogP contribution is 2.19. The van der Waals surface area contributed by atoms with Crippen molar-refractivity contribution in [2.45, 2.75) is 19.4 Å². The Morgan fingerprint density at radius 2 is 1.89 bits per heavy atom. The predicted molar refractivity (Wildman–Crippen MR) is 66.0 cm³/mol. The van der Waals surface area contributed by atoms with Crippen LogP contribution in [-0.2, 0) is 6.42 Å². The second kappa shape index (κ2) is 5.23. The Bertz CT molecular complexity index is 535. The topological polar surface area (TPSA) is 38.9 Å². The van der Waals surface area contributed by atoms with Gasteiger partial charge < -0.3 is 5.73 Å². The smallest absolute Gasteiger partial charge is 0.126 e. The van der Waals surface area contributed by atoms with Gasteiger partial charge in [-0.3, -0.25) is 4.98 Å². The van der Waals surface area contributed by atoms with Gasteiger partial charge in [-0.1, -0.05) is 0 Å². The van der Waals surface area contributed by atoms with Gasteiger partial charge in [-0.15, -0.1) is 0 Å². The number of rotatable bonds is 3. The third-order valence-corrected chi connectivity index (χ3v) is 2.86. The molecule has 0 amide bonds. The summed E-state index contributed by atoms with van der Waals surface area (Å²) >= 11 is 0. The summed E-state index contributed by atoms with van der Waals surface area (Å²) in [6, 6.07) is 4.99. The first-order chi connectivity index (χ1) is 8.56. The van der Waals surface area contributed by atoms with Gasteiger partial charge in [0.2, 0.25) is 0 Å². The Morgan fingerprint density at radius 1 is 1.22 bits per heavy atom. The summed E-state index contributed by atoms with van der Waals surface area (Å²) in [6.45, 7) is 1.93. The lowest BCUT2D eigenvalue weighted by Crippen LogP contribution is -2.15. The molecule has 0 aliphatic heterocycles. The maximum Gasteiger partial charge on any atom is 0.126 e. The third-order valence-electron chi connectivity index (χ3n) is 2.86. The van der Waals surface area contributed by atoms with Gasteiger partial charge in [0.05, 0.1) is 0 Å². The first-order valence-corrected chi connectivity index (χ1v) is 5.67. The van der Waals surface area contributed by atoms with E-state index in [2.05, 4.69) is 4.98 Å². The van der Waals surface area contributed by atoms with Gasteiger partial charge >= 0.3 is 0 Å². The molecule has 0 radical (unpaired) electrons. The average Bonchev–Trinajstić information content (AvgIpc) is 2.27. The van der Waals surface area contributed by atoms with E-state index in [1.165, 1.54) is 12.1 Å². The number of hydrogen-bond acceptors (Lipinski definition) is 2. The highest BCUT2D eigenvalue weighted by molar-refractivity contribution is 5.28. The number of nitrogens with two attached hydrogens (primary N) is 1. The van der Waals surface area contributed by atoms with Crippen LogP contribution in [0, 0.1) is 18.6 Å². The van der Waals surface area contributed by atoms with Crippen molar-refractivity contribution in [2.75, 3.05) is 0 Å². The molecule has 0 saturated carbocycles. The van der Waals surface area contributed by atoms with Gasteiger partial charge in [0.15, 0.2) is 0 Å². The summed E-state index contributed by atoms with van der Waals surface area (Å²) in [5, 5.41) is 0. The zero-order chi connectivity index (χ0) is 13.1. The second-order valence-corrected chi connectivity index (χ2v) is 4.32. The van der Waals surface area contributed by atoms with Gasteiger partial charge in [0, 0.05) is 24.5 Å². The maximum atomic E-state index is 13.1. The van der Waals surface area contributed by atoms with E-state index < -0.39 is 11.6 Å². The normalized spacial score (nSPS) is 12.4. The Balaban J connectivity index is 2.21. The maximum absolute atomic E-state index is 13.1. The van der Waals surface area contributed by atoms with Crippen molar-refractivity contribution in [3.63, 3.8) is 0 Å². The molecule has 0 aliphatic rings. The zero-order valence-electron chi connectivity index (χ0n) is 10.0. The molecule has 18 heavy (non-hydrogen) atoms. The molecule has 2 rings (SSSR count). The summed E-state index contributed by atoms with van der Waals surface area (Å²) < 4.78 is 26.1. The molecule has 0 aliphatic carbocycles. The molecule has 1 aromatic heterocycles. The van der Waals surface area contributed by atoms with Crippen LogP contribution in [0.3, 0.4) is 0 Å². The Kier molecular flexibility index (Phi) is 3.67. The molecule has 0 saturated heterocycles. The number of benzene rings is 1. The molecule has 0 bridgehead atoms. The number of aromatic nitrogens is 1. The van der Waals surface area contributed by atoms with E-state index in [9.17, 15) is 8.78 Å². The molecule has 0 spiro atoms. The molecule has 1 aromatic carbocycles. The first-order valence-electron chi connectivity index (χ1n) is 5.67. The Morgan fingerprint density at radius 3 is 2.50 bits per heavy atom. The fourth-order valence-electron chi connectivity index (χ4n) is 1.96. The predicted octanol–water partition coefficient (Wildman–Crippen LogP) is 2.91. The van der Waals surface area contributed by atoms with Crippen LogP contribution >= 0.6 is 0 Å². The molecule has 0 fully saturated rings. The Hall–Kier alpha value is -1.81. The first kappa shape index (κ1) is 12.6. The van der Waals surface area contributed by atoms with Crippen molar-refractivity contribution in [1.82, 2.24) is 4.98 Å². The fraction of sp³-hybridized carbons (Fsp3) is 0.214. The minimum absolute atomic E-state index is 0.320. The molecule has 2 N–H and O–H groups in total. The monoisotopic (exact) mass is 248 g/mol. The summed E-state index contributed by atoms with van der Waals surface area (Å²) in [5.74, 6) is -1.17. The minimum Gasteiger partial charge on any atom is -0.324 e. The van der Waals surface area contributed by atoms with Gasteiger partial charge in [0.1, 0.15) is 11.6 Å². The molecule has 4 heteroatoms. The van der Waals surface area contributed by atoms with E-state index >= 15 is 0 Å². The SMILES string of the molecule is Cc1ccncc1C(N)Cc1cc(F)cc(F)c1. The van der Waals surface area contributed by atoms with Crippen LogP contribution < -0.4 is 5.73 Å². The quantitative estimate of drug-likeness (QED) is 0.907. The number of nitrogens with zero attached hydrogens (tertiary/aromatic N) is 1. The van der Waals surface area contributed by atoms with Crippen molar-refractivity contribution in [3.8, 4) is 0 Å². The lowest BCUT2D eigenvalue weighted by Gasteiger charge is -2.14. The number of hydrogen-bond donors (Lipinski definition) is 1. The van der Waals surface area contributed by atoms with Gasteiger partial charge in [-0.05, 0) is 48.2 Å². The molecule has 2 aromatic rings. The van der Waals surface area contributed by atoms with Crippen LogP contribution in [0.2, 0.25) is 0 Å². The molecule has 1 atom stereocenters. The summed E-state index contributed by atoms with van der Waals surface area (Å²) in [7, 11) is 0. The standard InChI is InChI=1S/C14H14F2N2/c1-9-2-3-18-8-13(9)14(17)6-10-4-11(15)7-12(16)5-10/h2-5,7-8,14H,6,17H2,1H3.